The summed E-state index contributed by atoms with van der Waals surface area (Å²) in [6.07, 6.45) is 1.00. The summed E-state index contributed by atoms with van der Waals surface area (Å²) in [4.78, 5) is 14.4. The van der Waals surface area contributed by atoms with E-state index in [1.807, 2.05) is 20.0 Å². The monoisotopic (exact) mass is 291 g/mol. The third-order valence-corrected chi connectivity index (χ3v) is 4.08. The Hall–Kier alpha value is -1.59. The van der Waals surface area contributed by atoms with Crippen molar-refractivity contribution in [2.45, 2.75) is 25.4 Å². The fourth-order valence-corrected chi connectivity index (χ4v) is 2.86. The lowest BCUT2D eigenvalue weighted by molar-refractivity contribution is -0.122. The molecule has 0 aliphatic carbocycles. The third kappa shape index (κ3) is 3.54. The van der Waals surface area contributed by atoms with Gasteiger partial charge in [-0.2, -0.15) is 0 Å². The average Bonchev–Trinajstić information content (AvgIpc) is 2.53. The topological polar surface area (TPSA) is 53.6 Å². The number of carbonyl (C=O) groups is 1. The van der Waals surface area contributed by atoms with Crippen LogP contribution in [-0.2, 0) is 9.53 Å². The number of carbonyl (C=O) groups excluding carboxylic acids is 1. The first-order valence-electron chi connectivity index (χ1n) is 7.48. The van der Waals surface area contributed by atoms with Crippen LogP contribution >= 0.6 is 0 Å². The van der Waals surface area contributed by atoms with Crippen molar-refractivity contribution in [1.29, 1.82) is 0 Å². The highest BCUT2D eigenvalue weighted by molar-refractivity contribution is 5.85. The van der Waals surface area contributed by atoms with Crippen molar-refractivity contribution in [3.63, 3.8) is 0 Å². The van der Waals surface area contributed by atoms with Crippen LogP contribution in [0.5, 0.6) is 0 Å². The van der Waals surface area contributed by atoms with E-state index < -0.39 is 0 Å². The van der Waals surface area contributed by atoms with E-state index in [2.05, 4.69) is 33.7 Å². The second-order valence-corrected chi connectivity index (χ2v) is 5.34. The molecule has 2 atom stereocenters. The zero-order valence-electron chi connectivity index (χ0n) is 13.1. The van der Waals surface area contributed by atoms with E-state index in [1.165, 1.54) is 5.56 Å². The van der Waals surface area contributed by atoms with Gasteiger partial charge in [-0.05, 0) is 32.0 Å². The van der Waals surface area contributed by atoms with Gasteiger partial charge in [-0.3, -0.25) is 4.79 Å². The summed E-state index contributed by atoms with van der Waals surface area (Å²) in [5.74, 6) is 0.0461. The molecule has 5 nitrogen and oxygen atoms in total. The van der Waals surface area contributed by atoms with Crippen LogP contribution in [0, 0.1) is 0 Å². The fraction of sp³-hybridized carbons (Fsp3) is 0.562. The minimum absolute atomic E-state index is 0.0461. The van der Waals surface area contributed by atoms with Gasteiger partial charge in [0.05, 0.1) is 6.61 Å². The largest absolute Gasteiger partial charge is 0.383 e. The molecule has 0 aromatic heterocycles. The van der Waals surface area contributed by atoms with Crippen LogP contribution in [0.15, 0.2) is 24.3 Å². The summed E-state index contributed by atoms with van der Waals surface area (Å²) >= 11 is 0. The molecule has 0 bridgehead atoms. The first-order valence-corrected chi connectivity index (χ1v) is 7.48. The molecular weight excluding hydrogens is 266 g/mol. The number of hydrogen-bond donors (Lipinski definition) is 2. The molecule has 1 aliphatic heterocycles. The number of benzene rings is 1. The Morgan fingerprint density at radius 3 is 2.95 bits per heavy atom. The van der Waals surface area contributed by atoms with E-state index in [-0.39, 0.29) is 11.9 Å². The molecule has 116 valence electrons. The average molecular weight is 291 g/mol. The van der Waals surface area contributed by atoms with Gasteiger partial charge >= 0.3 is 0 Å². The van der Waals surface area contributed by atoms with Crippen LogP contribution in [0.4, 0.5) is 5.69 Å². The first kappa shape index (κ1) is 15.8. The standard InChI is InChI=1S/C16H25N3O2/c1-12(16(20)18-9-11-21-3)19-10-8-14(17-2)13-6-4-5-7-15(13)19/h4-7,12,14,17H,8-11H2,1-3H3,(H,18,20). The van der Waals surface area contributed by atoms with Crippen molar-refractivity contribution in [3.05, 3.63) is 29.8 Å². The van der Waals surface area contributed by atoms with Gasteiger partial charge in [-0.25, -0.2) is 0 Å². The maximum atomic E-state index is 12.3. The molecule has 0 spiro atoms. The van der Waals surface area contributed by atoms with E-state index in [9.17, 15) is 4.79 Å². The van der Waals surface area contributed by atoms with Crippen LogP contribution in [0.1, 0.15) is 24.9 Å². The lowest BCUT2D eigenvalue weighted by Gasteiger charge is -2.38. The molecule has 2 unspecified atom stereocenters. The second-order valence-electron chi connectivity index (χ2n) is 5.34. The Morgan fingerprint density at radius 1 is 1.48 bits per heavy atom. The molecule has 0 radical (unpaired) electrons. The Kier molecular flexibility index (Phi) is 5.59. The smallest absolute Gasteiger partial charge is 0.242 e. The first-order chi connectivity index (χ1) is 10.2. The summed E-state index contributed by atoms with van der Waals surface area (Å²) in [7, 11) is 3.62. The molecule has 1 amide bonds. The summed E-state index contributed by atoms with van der Waals surface area (Å²) < 4.78 is 4.97. The number of para-hydroxylation sites is 1. The SMILES string of the molecule is CNC1CCN(C(C)C(=O)NCCOC)c2ccccc21. The lowest BCUT2D eigenvalue weighted by atomic mass is 9.95. The van der Waals surface area contributed by atoms with Crippen LogP contribution in [0.2, 0.25) is 0 Å². The minimum Gasteiger partial charge on any atom is -0.383 e. The van der Waals surface area contributed by atoms with Crippen molar-refractivity contribution in [2.75, 3.05) is 38.8 Å². The van der Waals surface area contributed by atoms with Crippen LogP contribution < -0.4 is 15.5 Å². The Morgan fingerprint density at radius 2 is 2.24 bits per heavy atom. The molecule has 1 aliphatic rings. The number of amides is 1. The Balaban J connectivity index is 2.11. The van der Waals surface area contributed by atoms with Crippen molar-refractivity contribution in [3.8, 4) is 0 Å². The van der Waals surface area contributed by atoms with Gasteiger partial charge in [0.25, 0.3) is 0 Å². The number of anilines is 1. The maximum absolute atomic E-state index is 12.3. The molecule has 0 saturated heterocycles. The third-order valence-electron chi connectivity index (χ3n) is 4.08. The van der Waals surface area contributed by atoms with E-state index in [0.717, 1.165) is 18.7 Å². The van der Waals surface area contributed by atoms with Crippen molar-refractivity contribution in [1.82, 2.24) is 10.6 Å². The summed E-state index contributed by atoms with van der Waals surface area (Å²) in [5, 5.41) is 6.26. The number of nitrogens with zero attached hydrogens (tertiary/aromatic N) is 1. The fourth-order valence-electron chi connectivity index (χ4n) is 2.86. The highest BCUT2D eigenvalue weighted by Crippen LogP contribution is 2.34. The van der Waals surface area contributed by atoms with E-state index in [4.69, 9.17) is 4.74 Å². The quantitative estimate of drug-likeness (QED) is 0.776. The minimum atomic E-state index is -0.180. The number of hydrogen-bond acceptors (Lipinski definition) is 4. The van der Waals surface area contributed by atoms with E-state index >= 15 is 0 Å². The molecule has 1 aromatic rings. The Bertz CT molecular complexity index is 478. The molecule has 2 rings (SSSR count). The second kappa shape index (κ2) is 7.43. The highest BCUT2D eigenvalue weighted by atomic mass is 16.5. The molecule has 1 aromatic carbocycles. The summed E-state index contributed by atoms with van der Waals surface area (Å²) in [6.45, 7) is 3.92. The van der Waals surface area contributed by atoms with Crippen molar-refractivity contribution in [2.24, 2.45) is 0 Å². The van der Waals surface area contributed by atoms with Gasteiger partial charge in [0.15, 0.2) is 0 Å². The van der Waals surface area contributed by atoms with Crippen LogP contribution in [0.3, 0.4) is 0 Å². The maximum Gasteiger partial charge on any atom is 0.242 e. The summed E-state index contributed by atoms with van der Waals surface area (Å²) in [5.41, 5.74) is 2.42. The predicted octanol–water partition coefficient (Wildman–Crippen LogP) is 1.31. The molecular formula is C16H25N3O2. The zero-order valence-corrected chi connectivity index (χ0v) is 13.1. The lowest BCUT2D eigenvalue weighted by Crippen LogP contribution is -2.49. The van der Waals surface area contributed by atoms with E-state index in [1.54, 1.807) is 7.11 Å². The molecule has 21 heavy (non-hydrogen) atoms. The number of nitrogens with one attached hydrogen (secondary N) is 2. The van der Waals surface area contributed by atoms with Gasteiger partial charge in [-0.15, -0.1) is 0 Å². The van der Waals surface area contributed by atoms with Crippen LogP contribution in [-0.4, -0.2) is 45.8 Å². The van der Waals surface area contributed by atoms with Crippen molar-refractivity contribution >= 4 is 11.6 Å². The van der Waals surface area contributed by atoms with Gasteiger partial charge in [0.1, 0.15) is 6.04 Å². The summed E-state index contributed by atoms with van der Waals surface area (Å²) in [6, 6.07) is 8.49. The molecule has 0 fully saturated rings. The van der Waals surface area contributed by atoms with Gasteiger partial charge in [0.2, 0.25) is 5.91 Å². The van der Waals surface area contributed by atoms with Gasteiger partial charge in [-0.1, -0.05) is 18.2 Å². The number of rotatable bonds is 6. The highest BCUT2D eigenvalue weighted by Gasteiger charge is 2.29. The van der Waals surface area contributed by atoms with Crippen LogP contribution in [0.25, 0.3) is 0 Å². The zero-order chi connectivity index (χ0) is 15.2. The molecule has 5 heteroatoms. The van der Waals surface area contributed by atoms with Crippen molar-refractivity contribution < 1.29 is 9.53 Å². The molecule has 0 saturated carbocycles. The Labute approximate surface area is 126 Å². The normalized spacial score (nSPS) is 19.0. The number of methoxy groups -OCH3 is 1. The van der Waals surface area contributed by atoms with Gasteiger partial charge < -0.3 is 20.3 Å². The predicted molar refractivity (Wildman–Crippen MR) is 84.6 cm³/mol. The number of fused-ring (bicyclic) bond motifs is 1. The van der Waals surface area contributed by atoms with Gasteiger partial charge in [0, 0.05) is 31.9 Å². The molecule has 1 heterocycles. The number of ether oxygens (including phenoxy) is 1. The van der Waals surface area contributed by atoms with E-state index in [0.29, 0.717) is 19.2 Å². The molecule has 2 N–H and O–H groups in total.